The molecular weight excluding hydrogens is 232 g/mol. The summed E-state index contributed by atoms with van der Waals surface area (Å²) in [7, 11) is -3.45. The third kappa shape index (κ3) is 3.67. The summed E-state index contributed by atoms with van der Waals surface area (Å²) < 4.78 is 32.8. The van der Waals surface area contributed by atoms with Crippen LogP contribution in [0.1, 0.15) is 13.8 Å². The third-order valence-electron chi connectivity index (χ3n) is 2.79. The van der Waals surface area contributed by atoms with Gasteiger partial charge in [0.1, 0.15) is 0 Å². The van der Waals surface area contributed by atoms with Crippen molar-refractivity contribution in [2.75, 3.05) is 32.9 Å². The average molecular weight is 252 g/mol. The van der Waals surface area contributed by atoms with Crippen molar-refractivity contribution in [3.05, 3.63) is 0 Å². The Balaban J connectivity index is 2.56. The van der Waals surface area contributed by atoms with Crippen LogP contribution in [0.15, 0.2) is 0 Å². The van der Waals surface area contributed by atoms with Crippen molar-refractivity contribution in [3.63, 3.8) is 0 Å². The Morgan fingerprint density at radius 3 is 2.44 bits per heavy atom. The van der Waals surface area contributed by atoms with Gasteiger partial charge in [-0.3, -0.25) is 0 Å². The van der Waals surface area contributed by atoms with Crippen molar-refractivity contribution in [3.8, 4) is 0 Å². The number of ether oxygens (including phenoxy) is 1. The van der Waals surface area contributed by atoms with Gasteiger partial charge in [0, 0.05) is 25.7 Å². The van der Waals surface area contributed by atoms with Gasteiger partial charge in [-0.15, -0.1) is 0 Å². The van der Waals surface area contributed by atoms with E-state index in [9.17, 15) is 8.42 Å². The molecule has 2 atom stereocenters. The molecule has 0 amide bonds. The first-order valence-corrected chi connectivity index (χ1v) is 6.87. The van der Waals surface area contributed by atoms with Crippen molar-refractivity contribution in [1.29, 1.82) is 0 Å². The summed E-state index contributed by atoms with van der Waals surface area (Å²) in [5.41, 5.74) is 0. The smallest absolute Gasteiger partial charge is 0.279 e. The zero-order chi connectivity index (χ0) is 12.2. The molecule has 2 unspecified atom stereocenters. The lowest BCUT2D eigenvalue weighted by Crippen LogP contribution is -2.50. The first-order chi connectivity index (χ1) is 7.47. The molecule has 0 aromatic rings. The van der Waals surface area contributed by atoms with Crippen LogP contribution in [-0.4, -0.2) is 56.8 Å². The average Bonchev–Trinajstić information content (AvgIpc) is 2.28. The number of nitrogens with one attached hydrogen (secondary N) is 1. The Kier molecular flexibility index (Phi) is 5.13. The van der Waals surface area contributed by atoms with Gasteiger partial charge in [0.05, 0.1) is 13.2 Å². The summed E-state index contributed by atoms with van der Waals surface area (Å²) in [6.07, 6.45) is 0. The summed E-state index contributed by atoms with van der Waals surface area (Å²) in [4.78, 5) is 0. The lowest BCUT2D eigenvalue weighted by molar-refractivity contribution is 0.0721. The molecule has 1 aliphatic rings. The standard InChI is InChI=1S/C9H20N2O4S/c1-8(7-12)9(2)10-16(13,14)11-3-5-15-6-4-11/h8-10,12H,3-7H2,1-2H3. The molecule has 96 valence electrons. The highest BCUT2D eigenvalue weighted by molar-refractivity contribution is 7.87. The molecule has 1 saturated heterocycles. The second kappa shape index (κ2) is 5.92. The molecule has 0 saturated carbocycles. The Hall–Kier alpha value is -0.210. The first-order valence-electron chi connectivity index (χ1n) is 5.43. The fourth-order valence-corrected chi connectivity index (χ4v) is 2.85. The summed E-state index contributed by atoms with van der Waals surface area (Å²) in [5, 5.41) is 8.94. The van der Waals surface area contributed by atoms with Gasteiger partial charge in [0.25, 0.3) is 10.2 Å². The maximum absolute atomic E-state index is 11.9. The van der Waals surface area contributed by atoms with Crippen LogP contribution >= 0.6 is 0 Å². The van der Waals surface area contributed by atoms with E-state index in [2.05, 4.69) is 4.72 Å². The molecule has 1 fully saturated rings. The quantitative estimate of drug-likeness (QED) is 0.669. The number of aliphatic hydroxyl groups is 1. The van der Waals surface area contributed by atoms with Gasteiger partial charge in [0.15, 0.2) is 0 Å². The van der Waals surface area contributed by atoms with Crippen molar-refractivity contribution in [1.82, 2.24) is 9.03 Å². The van der Waals surface area contributed by atoms with Gasteiger partial charge in [-0.1, -0.05) is 6.92 Å². The summed E-state index contributed by atoms with van der Waals surface area (Å²) in [5.74, 6) is -0.101. The van der Waals surface area contributed by atoms with Gasteiger partial charge < -0.3 is 9.84 Å². The van der Waals surface area contributed by atoms with E-state index in [4.69, 9.17) is 9.84 Å². The molecule has 0 aliphatic carbocycles. The van der Waals surface area contributed by atoms with Crippen LogP contribution in [0.25, 0.3) is 0 Å². The number of morpholine rings is 1. The number of hydrogen-bond donors (Lipinski definition) is 2. The van der Waals surface area contributed by atoms with Crippen molar-refractivity contribution >= 4 is 10.2 Å². The number of aliphatic hydroxyl groups excluding tert-OH is 1. The molecule has 16 heavy (non-hydrogen) atoms. The van der Waals surface area contributed by atoms with Crippen LogP contribution < -0.4 is 4.72 Å². The topological polar surface area (TPSA) is 78.9 Å². The maximum Gasteiger partial charge on any atom is 0.279 e. The monoisotopic (exact) mass is 252 g/mol. The predicted molar refractivity (Wildman–Crippen MR) is 60.2 cm³/mol. The van der Waals surface area contributed by atoms with E-state index < -0.39 is 10.2 Å². The van der Waals surface area contributed by atoms with E-state index in [0.717, 1.165) is 0 Å². The molecule has 6 nitrogen and oxygen atoms in total. The SMILES string of the molecule is CC(CO)C(C)NS(=O)(=O)N1CCOCC1. The van der Waals surface area contributed by atoms with Gasteiger partial charge in [-0.25, -0.2) is 0 Å². The zero-order valence-electron chi connectivity index (χ0n) is 9.72. The maximum atomic E-state index is 11.9. The van der Waals surface area contributed by atoms with E-state index in [1.165, 1.54) is 4.31 Å². The van der Waals surface area contributed by atoms with E-state index in [1.54, 1.807) is 13.8 Å². The highest BCUT2D eigenvalue weighted by Crippen LogP contribution is 2.07. The highest BCUT2D eigenvalue weighted by atomic mass is 32.2. The Labute approximate surface area is 96.8 Å². The number of rotatable bonds is 5. The fraction of sp³-hybridized carbons (Fsp3) is 1.00. The molecule has 1 aliphatic heterocycles. The molecule has 0 spiro atoms. The fourth-order valence-electron chi connectivity index (χ4n) is 1.37. The second-order valence-electron chi connectivity index (χ2n) is 4.08. The van der Waals surface area contributed by atoms with Crippen LogP contribution in [-0.2, 0) is 14.9 Å². The van der Waals surface area contributed by atoms with Crippen LogP contribution in [0.2, 0.25) is 0 Å². The largest absolute Gasteiger partial charge is 0.396 e. The molecule has 1 heterocycles. The molecular formula is C9H20N2O4S. The lowest BCUT2D eigenvalue weighted by atomic mass is 10.1. The van der Waals surface area contributed by atoms with Crippen molar-refractivity contribution in [2.45, 2.75) is 19.9 Å². The first kappa shape index (κ1) is 13.9. The van der Waals surface area contributed by atoms with Crippen LogP contribution in [0.4, 0.5) is 0 Å². The van der Waals surface area contributed by atoms with Crippen LogP contribution in [0.5, 0.6) is 0 Å². The summed E-state index contributed by atoms with van der Waals surface area (Å²) in [6.45, 7) is 5.15. The van der Waals surface area contributed by atoms with E-state index in [0.29, 0.717) is 26.3 Å². The molecule has 7 heteroatoms. The minimum Gasteiger partial charge on any atom is -0.396 e. The number of hydrogen-bond acceptors (Lipinski definition) is 4. The van der Waals surface area contributed by atoms with Crippen molar-refractivity contribution < 1.29 is 18.3 Å². The molecule has 2 N–H and O–H groups in total. The van der Waals surface area contributed by atoms with Crippen LogP contribution in [0.3, 0.4) is 0 Å². The minimum absolute atomic E-state index is 0.0349. The van der Waals surface area contributed by atoms with E-state index in [1.807, 2.05) is 0 Å². The summed E-state index contributed by atoms with van der Waals surface area (Å²) in [6, 6.07) is -0.280. The second-order valence-corrected chi connectivity index (χ2v) is 5.79. The Morgan fingerprint density at radius 2 is 1.94 bits per heavy atom. The number of nitrogens with zero attached hydrogens (tertiary/aromatic N) is 1. The summed E-state index contributed by atoms with van der Waals surface area (Å²) >= 11 is 0. The molecule has 0 bridgehead atoms. The van der Waals surface area contributed by atoms with E-state index in [-0.39, 0.29) is 18.6 Å². The lowest BCUT2D eigenvalue weighted by Gasteiger charge is -2.28. The van der Waals surface area contributed by atoms with Crippen LogP contribution in [0, 0.1) is 5.92 Å². The van der Waals surface area contributed by atoms with Gasteiger partial charge >= 0.3 is 0 Å². The molecule has 1 rings (SSSR count). The normalized spacial score (nSPS) is 22.9. The van der Waals surface area contributed by atoms with Crippen molar-refractivity contribution in [2.24, 2.45) is 5.92 Å². The van der Waals surface area contributed by atoms with Gasteiger partial charge in [-0.05, 0) is 12.8 Å². The molecule has 0 aromatic heterocycles. The zero-order valence-corrected chi connectivity index (χ0v) is 10.5. The Bertz CT molecular complexity index is 301. The van der Waals surface area contributed by atoms with Gasteiger partial charge in [-0.2, -0.15) is 17.4 Å². The van der Waals surface area contributed by atoms with Gasteiger partial charge in [0.2, 0.25) is 0 Å². The highest BCUT2D eigenvalue weighted by Gasteiger charge is 2.27. The minimum atomic E-state index is -3.45. The van der Waals surface area contributed by atoms with E-state index >= 15 is 0 Å². The Morgan fingerprint density at radius 1 is 1.38 bits per heavy atom. The molecule has 0 aromatic carbocycles. The predicted octanol–water partition coefficient (Wildman–Crippen LogP) is -0.830. The molecule has 0 radical (unpaired) electrons. The third-order valence-corrected chi connectivity index (χ3v) is 4.50.